The molecule has 0 saturated heterocycles. The molecule has 0 fully saturated rings. The summed E-state index contributed by atoms with van der Waals surface area (Å²) >= 11 is 0. The summed E-state index contributed by atoms with van der Waals surface area (Å²) in [5.41, 5.74) is 0. The van der Waals surface area contributed by atoms with Crippen molar-refractivity contribution in [2.24, 2.45) is 0 Å². The van der Waals surface area contributed by atoms with E-state index in [2.05, 4.69) is 50.3 Å². The zero-order valence-electron chi connectivity index (χ0n) is 39.6. The van der Waals surface area contributed by atoms with Crippen LogP contribution in [0.1, 0.15) is 239 Å². The van der Waals surface area contributed by atoms with Gasteiger partial charge in [0.25, 0.3) is 0 Å². The van der Waals surface area contributed by atoms with Gasteiger partial charge in [-0.3, -0.25) is 13.8 Å². The first-order valence-corrected chi connectivity index (χ1v) is 27.0. The second kappa shape index (κ2) is 48.1. The molecule has 0 aliphatic carbocycles. The summed E-state index contributed by atoms with van der Waals surface area (Å²) in [5.74, 6) is -0.389. The van der Waals surface area contributed by atoms with E-state index in [9.17, 15) is 19.4 Å². The molecule has 3 N–H and O–H groups in total. The number of esters is 1. The molecule has 61 heavy (non-hydrogen) atoms. The van der Waals surface area contributed by atoms with Crippen LogP contribution in [0.2, 0.25) is 0 Å². The van der Waals surface area contributed by atoms with E-state index in [0.29, 0.717) is 6.61 Å². The van der Waals surface area contributed by atoms with Crippen molar-refractivity contribution >= 4 is 13.8 Å². The number of aliphatic hydroxyl groups excluding tert-OH is 2. The average Bonchev–Trinajstić information content (AvgIpc) is 3.25. The van der Waals surface area contributed by atoms with Crippen LogP contribution in [0, 0.1) is 0 Å². The fraction of sp³-hybridized carbons (Fsp3) is 0.863. The first-order valence-electron chi connectivity index (χ1n) is 25.5. The van der Waals surface area contributed by atoms with Crippen LogP contribution in [0.5, 0.6) is 0 Å². The average molecular weight is 885 g/mol. The summed E-state index contributed by atoms with van der Waals surface area (Å²) in [6, 6.07) is 0. The van der Waals surface area contributed by atoms with Gasteiger partial charge in [0.1, 0.15) is 12.2 Å². The molecule has 0 aliphatic rings. The van der Waals surface area contributed by atoms with Crippen molar-refractivity contribution in [2.75, 3.05) is 33.0 Å². The standard InChI is InChI=1S/C51H97O9P/c1-3-5-7-9-11-13-15-17-19-21-22-23-24-25-26-28-30-32-34-36-38-40-42-44-57-47-50(48-59-61(55,56)58-46-49(53)45-52)60-51(54)43-41-39-37-35-33-31-29-27-20-18-16-14-12-10-8-6-4-2/h6,8,12,14,18,20,49-50,52-53H,3-5,7,9-11,13,15-17,19,21-48H2,1-2H3,(H,55,56)/b8-6-,14-12-,20-18-. The van der Waals surface area contributed by atoms with E-state index in [-0.39, 0.29) is 25.6 Å². The quantitative estimate of drug-likeness (QED) is 0.0236. The van der Waals surface area contributed by atoms with Crippen LogP contribution in [-0.4, -0.2) is 66.3 Å². The summed E-state index contributed by atoms with van der Waals surface area (Å²) in [6.07, 6.45) is 54.0. The first kappa shape index (κ1) is 59.7. The van der Waals surface area contributed by atoms with Gasteiger partial charge in [-0.2, -0.15) is 0 Å². The molecule has 0 radical (unpaired) electrons. The third-order valence-electron chi connectivity index (χ3n) is 11.1. The highest BCUT2D eigenvalue weighted by Gasteiger charge is 2.26. The maximum atomic E-state index is 12.7. The third-order valence-corrected chi connectivity index (χ3v) is 12.0. The molecule has 0 saturated carbocycles. The van der Waals surface area contributed by atoms with E-state index in [1.807, 2.05) is 0 Å². The molecule has 0 spiro atoms. The lowest BCUT2D eigenvalue weighted by Gasteiger charge is -2.20. The van der Waals surface area contributed by atoms with Crippen LogP contribution in [0.4, 0.5) is 0 Å². The molecule has 0 aliphatic heterocycles. The van der Waals surface area contributed by atoms with Gasteiger partial charge in [-0.1, -0.05) is 224 Å². The third kappa shape index (κ3) is 48.0. The van der Waals surface area contributed by atoms with Crippen LogP contribution in [0.15, 0.2) is 36.5 Å². The van der Waals surface area contributed by atoms with Gasteiger partial charge in [-0.25, -0.2) is 4.57 Å². The molecular formula is C51H97O9P. The zero-order valence-corrected chi connectivity index (χ0v) is 40.5. The molecule has 360 valence electrons. The summed E-state index contributed by atoms with van der Waals surface area (Å²) in [6.45, 7) is 3.44. The molecule has 0 rings (SSSR count). The smallest absolute Gasteiger partial charge is 0.457 e. The number of aliphatic hydroxyl groups is 2. The topological polar surface area (TPSA) is 132 Å². The van der Waals surface area contributed by atoms with Gasteiger partial charge in [0, 0.05) is 13.0 Å². The van der Waals surface area contributed by atoms with Gasteiger partial charge in [0.15, 0.2) is 0 Å². The number of ether oxygens (including phenoxy) is 2. The minimum atomic E-state index is -4.52. The Morgan fingerprint density at radius 2 is 0.934 bits per heavy atom. The molecule has 0 aromatic carbocycles. The number of unbranched alkanes of at least 4 members (excludes halogenated alkanes) is 29. The Balaban J connectivity index is 4.03. The van der Waals surface area contributed by atoms with Crippen molar-refractivity contribution in [2.45, 2.75) is 251 Å². The fourth-order valence-corrected chi connectivity index (χ4v) is 8.04. The summed E-state index contributed by atoms with van der Waals surface area (Å²) in [5, 5.41) is 18.4. The van der Waals surface area contributed by atoms with Gasteiger partial charge >= 0.3 is 13.8 Å². The van der Waals surface area contributed by atoms with Crippen LogP contribution in [0.25, 0.3) is 0 Å². The van der Waals surface area contributed by atoms with Crippen molar-refractivity contribution in [1.29, 1.82) is 0 Å². The SMILES string of the molecule is CC/C=C\C/C=C\C/C=C\CCCCCCCCCC(=O)OC(COCCCCCCCCCCCCCCCCCCCCCCCCC)COP(=O)(O)OCC(O)CO. The van der Waals surface area contributed by atoms with Crippen LogP contribution < -0.4 is 0 Å². The Morgan fingerprint density at radius 1 is 0.525 bits per heavy atom. The molecule has 3 atom stereocenters. The summed E-state index contributed by atoms with van der Waals surface area (Å²) < 4.78 is 33.5. The second-order valence-corrected chi connectivity index (χ2v) is 18.6. The fourth-order valence-electron chi connectivity index (χ4n) is 7.25. The largest absolute Gasteiger partial charge is 0.472 e. The highest BCUT2D eigenvalue weighted by atomic mass is 31.2. The van der Waals surface area contributed by atoms with E-state index < -0.39 is 33.2 Å². The van der Waals surface area contributed by atoms with E-state index in [1.54, 1.807) is 0 Å². The lowest BCUT2D eigenvalue weighted by molar-refractivity contribution is -0.154. The molecule has 9 nitrogen and oxygen atoms in total. The van der Waals surface area contributed by atoms with E-state index in [0.717, 1.165) is 64.2 Å². The minimum absolute atomic E-state index is 0.0485. The maximum Gasteiger partial charge on any atom is 0.472 e. The molecular weight excluding hydrogens is 788 g/mol. The second-order valence-electron chi connectivity index (χ2n) is 17.2. The number of rotatable bonds is 49. The van der Waals surface area contributed by atoms with Gasteiger partial charge < -0.3 is 24.6 Å². The van der Waals surface area contributed by atoms with Gasteiger partial charge in [0.2, 0.25) is 0 Å². The van der Waals surface area contributed by atoms with Crippen molar-refractivity contribution in [3.05, 3.63) is 36.5 Å². The molecule has 0 amide bonds. The highest BCUT2D eigenvalue weighted by Crippen LogP contribution is 2.43. The Bertz CT molecular complexity index is 1050. The van der Waals surface area contributed by atoms with E-state index in [4.69, 9.17) is 23.6 Å². The van der Waals surface area contributed by atoms with Gasteiger partial charge in [-0.05, 0) is 44.9 Å². The molecule has 0 aromatic rings. The molecule has 0 aromatic heterocycles. The number of carbonyl (C=O) groups excluding carboxylic acids is 1. The molecule has 3 unspecified atom stereocenters. The number of phosphoric acid groups is 1. The zero-order chi connectivity index (χ0) is 44.6. The first-order chi connectivity index (χ1) is 29.8. The lowest BCUT2D eigenvalue weighted by atomic mass is 10.0. The van der Waals surface area contributed by atoms with Crippen LogP contribution in [-0.2, 0) is 27.9 Å². The Morgan fingerprint density at radius 3 is 1.41 bits per heavy atom. The highest BCUT2D eigenvalue weighted by molar-refractivity contribution is 7.47. The van der Waals surface area contributed by atoms with Crippen molar-refractivity contribution in [1.82, 2.24) is 0 Å². The Labute approximate surface area is 375 Å². The number of phosphoric ester groups is 1. The van der Waals surface area contributed by atoms with Gasteiger partial charge in [0.05, 0.1) is 26.4 Å². The normalized spacial score (nSPS) is 14.1. The monoisotopic (exact) mass is 885 g/mol. The van der Waals surface area contributed by atoms with Crippen molar-refractivity contribution < 1.29 is 43.0 Å². The molecule has 10 heteroatoms. The van der Waals surface area contributed by atoms with E-state index >= 15 is 0 Å². The van der Waals surface area contributed by atoms with Crippen LogP contribution >= 0.6 is 7.82 Å². The number of hydrogen-bond donors (Lipinski definition) is 3. The number of allylic oxidation sites excluding steroid dienone is 6. The number of hydrogen-bond acceptors (Lipinski definition) is 8. The Hall–Kier alpha value is -1.32. The van der Waals surface area contributed by atoms with E-state index in [1.165, 1.54) is 154 Å². The lowest BCUT2D eigenvalue weighted by Crippen LogP contribution is -2.29. The van der Waals surface area contributed by atoms with Crippen molar-refractivity contribution in [3.63, 3.8) is 0 Å². The summed E-state index contributed by atoms with van der Waals surface area (Å²) in [4.78, 5) is 22.7. The van der Waals surface area contributed by atoms with Gasteiger partial charge in [-0.15, -0.1) is 0 Å². The summed E-state index contributed by atoms with van der Waals surface area (Å²) in [7, 11) is -4.52. The number of carbonyl (C=O) groups is 1. The van der Waals surface area contributed by atoms with Crippen LogP contribution in [0.3, 0.4) is 0 Å². The predicted molar refractivity (Wildman–Crippen MR) is 256 cm³/mol. The van der Waals surface area contributed by atoms with Crippen molar-refractivity contribution in [3.8, 4) is 0 Å². The minimum Gasteiger partial charge on any atom is -0.457 e. The molecule has 0 bridgehead atoms. The predicted octanol–water partition coefficient (Wildman–Crippen LogP) is 14.8. The molecule has 0 heterocycles. The maximum absolute atomic E-state index is 12.7. The Kier molecular flexibility index (Phi) is 47.1.